The van der Waals surface area contributed by atoms with Crippen molar-refractivity contribution in [3.63, 3.8) is 0 Å². The molecule has 1 aromatic carbocycles. The molecule has 3 rings (SSSR count). The molecule has 0 spiro atoms. The maximum atomic E-state index is 13.2. The van der Waals surface area contributed by atoms with E-state index in [1.165, 1.54) is 15.1 Å². The Labute approximate surface area is 176 Å². The number of hydrogen-bond donors (Lipinski definition) is 0. The van der Waals surface area contributed by atoms with Crippen LogP contribution in [0.4, 0.5) is 5.82 Å². The van der Waals surface area contributed by atoms with Crippen LogP contribution in [0.25, 0.3) is 5.69 Å². The number of rotatable bonds is 7. The molecule has 9 nitrogen and oxygen atoms in total. The molecule has 1 fully saturated rings. The maximum Gasteiger partial charge on any atom is 0.298 e. The summed E-state index contributed by atoms with van der Waals surface area (Å²) >= 11 is 0. The first-order valence-electron chi connectivity index (χ1n) is 9.65. The number of aromatic nitrogens is 2. The minimum atomic E-state index is -3.26. The van der Waals surface area contributed by atoms with Gasteiger partial charge in [-0.05, 0) is 37.1 Å². The van der Waals surface area contributed by atoms with Crippen molar-refractivity contribution < 1.29 is 13.2 Å². The van der Waals surface area contributed by atoms with E-state index in [1.54, 1.807) is 37.6 Å². The van der Waals surface area contributed by atoms with Gasteiger partial charge in [0.1, 0.15) is 0 Å². The van der Waals surface area contributed by atoms with Gasteiger partial charge in [0.15, 0.2) is 5.82 Å². The van der Waals surface area contributed by atoms with Gasteiger partial charge in [0.2, 0.25) is 10.0 Å². The number of aryl methyl sites for hydroxylation is 1. The van der Waals surface area contributed by atoms with E-state index in [9.17, 15) is 13.2 Å². The summed E-state index contributed by atoms with van der Waals surface area (Å²) in [4.78, 5) is 19.6. The van der Waals surface area contributed by atoms with E-state index in [-0.39, 0.29) is 5.56 Å². The molecule has 0 atom stereocenters. The minimum absolute atomic E-state index is 0.275. The highest BCUT2D eigenvalue weighted by Gasteiger charge is 2.26. The predicted octanol–water partition coefficient (Wildman–Crippen LogP) is 0.765. The van der Waals surface area contributed by atoms with Gasteiger partial charge < -0.3 is 9.64 Å². The van der Waals surface area contributed by atoms with Gasteiger partial charge in [-0.25, -0.2) is 13.4 Å². The molecule has 30 heavy (non-hydrogen) atoms. The number of ether oxygens (including phenoxy) is 1. The van der Waals surface area contributed by atoms with Crippen LogP contribution in [0.3, 0.4) is 0 Å². The number of nitriles is 1. The molecule has 160 valence electrons. The fraction of sp³-hybridized carbons (Fsp3) is 0.450. The molecule has 0 radical (unpaired) electrons. The average Bonchev–Trinajstić information content (AvgIpc) is 2.74. The maximum absolute atomic E-state index is 13.2. The van der Waals surface area contributed by atoms with E-state index in [0.29, 0.717) is 56.3 Å². The second-order valence-electron chi connectivity index (χ2n) is 7.14. The lowest BCUT2D eigenvalue weighted by molar-refractivity contribution is 0.195. The second-order valence-corrected chi connectivity index (χ2v) is 9.12. The van der Waals surface area contributed by atoms with Crippen LogP contribution < -0.4 is 10.5 Å². The summed E-state index contributed by atoms with van der Waals surface area (Å²) in [6.07, 6.45) is 4.31. The number of sulfonamides is 1. The molecule has 1 saturated heterocycles. The Morgan fingerprint density at radius 1 is 1.17 bits per heavy atom. The van der Waals surface area contributed by atoms with Crippen LogP contribution in [0.5, 0.6) is 0 Å². The summed E-state index contributed by atoms with van der Waals surface area (Å²) in [5, 5.41) is 9.02. The zero-order valence-electron chi connectivity index (χ0n) is 17.1. The molecule has 0 N–H and O–H groups in total. The lowest BCUT2D eigenvalue weighted by atomic mass is 10.2. The van der Waals surface area contributed by atoms with Gasteiger partial charge in [-0.15, -0.1) is 0 Å². The zero-order chi connectivity index (χ0) is 21.7. The molecule has 2 aromatic rings. The summed E-state index contributed by atoms with van der Waals surface area (Å²) in [5.74, 6) is 0.308. The number of anilines is 1. The monoisotopic (exact) mass is 431 g/mol. The van der Waals surface area contributed by atoms with Crippen LogP contribution in [0, 0.1) is 11.3 Å². The minimum Gasteiger partial charge on any atom is -0.385 e. The van der Waals surface area contributed by atoms with Crippen molar-refractivity contribution in [2.45, 2.75) is 12.8 Å². The highest BCUT2D eigenvalue weighted by atomic mass is 32.2. The van der Waals surface area contributed by atoms with Crippen LogP contribution in [-0.4, -0.2) is 68.4 Å². The number of nitrogens with zero attached hydrogens (tertiary/aromatic N) is 5. The largest absolute Gasteiger partial charge is 0.385 e. The number of benzene rings is 1. The standard InChI is InChI=1S/C20H25N5O4S/c1-29-13-3-4-17-15-25(18-7-5-16(14-21)6-8-18)20(26)19(22-17)23-9-11-24(12-10-23)30(2,27)28/h5-8,15H,3-4,9-13H2,1-2H3. The van der Waals surface area contributed by atoms with Gasteiger partial charge >= 0.3 is 0 Å². The lowest BCUT2D eigenvalue weighted by Crippen LogP contribution is -2.50. The molecule has 0 aliphatic carbocycles. The second kappa shape index (κ2) is 9.38. The number of methoxy groups -OCH3 is 1. The van der Waals surface area contributed by atoms with Gasteiger partial charge in [-0.1, -0.05) is 0 Å². The molecule has 0 bridgehead atoms. The molecule has 1 aliphatic rings. The first kappa shape index (κ1) is 22.0. The van der Waals surface area contributed by atoms with E-state index >= 15 is 0 Å². The van der Waals surface area contributed by atoms with Crippen LogP contribution in [0.15, 0.2) is 35.3 Å². The predicted molar refractivity (Wildman–Crippen MR) is 113 cm³/mol. The first-order valence-corrected chi connectivity index (χ1v) is 11.5. The fourth-order valence-corrected chi connectivity index (χ4v) is 4.20. The van der Waals surface area contributed by atoms with Gasteiger partial charge in [0.25, 0.3) is 5.56 Å². The van der Waals surface area contributed by atoms with Crippen molar-refractivity contribution in [3.05, 3.63) is 52.1 Å². The molecular weight excluding hydrogens is 406 g/mol. The van der Waals surface area contributed by atoms with E-state index in [1.807, 2.05) is 4.90 Å². The Kier molecular flexibility index (Phi) is 6.87. The smallest absolute Gasteiger partial charge is 0.298 e. The van der Waals surface area contributed by atoms with E-state index in [2.05, 4.69) is 11.1 Å². The summed E-state index contributed by atoms with van der Waals surface area (Å²) in [6.45, 7) is 1.99. The van der Waals surface area contributed by atoms with Crippen LogP contribution in [-0.2, 0) is 21.2 Å². The highest BCUT2D eigenvalue weighted by molar-refractivity contribution is 7.88. The van der Waals surface area contributed by atoms with E-state index in [0.717, 1.165) is 12.1 Å². The number of piperazine rings is 1. The van der Waals surface area contributed by atoms with Gasteiger partial charge in [0.05, 0.1) is 23.6 Å². The van der Waals surface area contributed by atoms with Crippen LogP contribution in [0.1, 0.15) is 17.7 Å². The third kappa shape index (κ3) is 5.05. The summed E-state index contributed by atoms with van der Waals surface area (Å²) in [6, 6.07) is 8.85. The molecule has 0 unspecified atom stereocenters. The van der Waals surface area contributed by atoms with Crippen molar-refractivity contribution >= 4 is 15.8 Å². The third-order valence-electron chi connectivity index (χ3n) is 5.00. The SMILES string of the molecule is COCCCc1cn(-c2ccc(C#N)cc2)c(=O)c(N2CCN(S(C)(=O)=O)CC2)n1. The molecule has 1 aromatic heterocycles. The normalized spacial score (nSPS) is 15.2. The lowest BCUT2D eigenvalue weighted by Gasteiger charge is -2.33. The topological polar surface area (TPSA) is 109 Å². The third-order valence-corrected chi connectivity index (χ3v) is 6.30. The van der Waals surface area contributed by atoms with Gasteiger partial charge in [0, 0.05) is 51.8 Å². The highest BCUT2D eigenvalue weighted by Crippen LogP contribution is 2.16. The van der Waals surface area contributed by atoms with Crippen LogP contribution in [0.2, 0.25) is 0 Å². The van der Waals surface area contributed by atoms with Gasteiger partial charge in [-0.2, -0.15) is 9.57 Å². The Morgan fingerprint density at radius 2 is 1.83 bits per heavy atom. The van der Waals surface area contributed by atoms with Crippen molar-refractivity contribution in [3.8, 4) is 11.8 Å². The molecular formula is C20H25N5O4S. The van der Waals surface area contributed by atoms with Gasteiger partial charge in [-0.3, -0.25) is 9.36 Å². The summed E-state index contributed by atoms with van der Waals surface area (Å²) in [7, 11) is -1.62. The van der Waals surface area contributed by atoms with Crippen molar-refractivity contribution in [2.75, 3.05) is 51.1 Å². The van der Waals surface area contributed by atoms with Crippen molar-refractivity contribution in [2.24, 2.45) is 0 Å². The molecule has 10 heteroatoms. The molecule has 2 heterocycles. The first-order chi connectivity index (χ1) is 14.3. The summed E-state index contributed by atoms with van der Waals surface area (Å²) < 4.78 is 31.6. The van der Waals surface area contributed by atoms with Crippen molar-refractivity contribution in [1.29, 1.82) is 5.26 Å². The van der Waals surface area contributed by atoms with Crippen molar-refractivity contribution in [1.82, 2.24) is 13.9 Å². The quantitative estimate of drug-likeness (QED) is 0.596. The van der Waals surface area contributed by atoms with Crippen LogP contribution >= 0.6 is 0 Å². The molecule has 0 amide bonds. The Hall–Kier alpha value is -2.74. The average molecular weight is 432 g/mol. The fourth-order valence-electron chi connectivity index (χ4n) is 3.37. The Bertz CT molecular complexity index is 1080. The summed E-state index contributed by atoms with van der Waals surface area (Å²) in [5.41, 5.74) is 1.63. The molecule has 0 saturated carbocycles. The van der Waals surface area contributed by atoms with E-state index in [4.69, 9.17) is 10.00 Å². The Morgan fingerprint density at radius 3 is 2.40 bits per heavy atom. The van der Waals surface area contributed by atoms with E-state index < -0.39 is 10.0 Å². The molecule has 1 aliphatic heterocycles. The number of hydrogen-bond acceptors (Lipinski definition) is 7. The zero-order valence-corrected chi connectivity index (χ0v) is 17.9. The Balaban J connectivity index is 1.96.